The SMILES string of the molecule is NNc1ccncc1S(=O)(=O)NCc1ccccc1. The van der Waals surface area contributed by atoms with Crippen LogP contribution in [0.1, 0.15) is 5.56 Å². The Morgan fingerprint density at radius 3 is 2.58 bits per heavy atom. The maximum absolute atomic E-state index is 12.1. The van der Waals surface area contributed by atoms with Crippen LogP contribution in [-0.2, 0) is 16.6 Å². The fourth-order valence-corrected chi connectivity index (χ4v) is 2.69. The van der Waals surface area contributed by atoms with E-state index in [-0.39, 0.29) is 11.4 Å². The smallest absolute Gasteiger partial charge is 0.244 e. The number of anilines is 1. The van der Waals surface area contributed by atoms with Crippen molar-refractivity contribution in [2.75, 3.05) is 5.43 Å². The van der Waals surface area contributed by atoms with Crippen molar-refractivity contribution in [3.63, 3.8) is 0 Å². The van der Waals surface area contributed by atoms with Crippen molar-refractivity contribution in [3.8, 4) is 0 Å². The van der Waals surface area contributed by atoms with Crippen molar-refractivity contribution in [3.05, 3.63) is 54.4 Å². The van der Waals surface area contributed by atoms with E-state index in [2.05, 4.69) is 15.1 Å². The lowest BCUT2D eigenvalue weighted by Crippen LogP contribution is -2.25. The van der Waals surface area contributed by atoms with Gasteiger partial charge < -0.3 is 5.43 Å². The summed E-state index contributed by atoms with van der Waals surface area (Å²) in [5.74, 6) is 5.28. The molecule has 2 rings (SSSR count). The molecule has 2 aromatic rings. The summed E-state index contributed by atoms with van der Waals surface area (Å²) in [5.41, 5.74) is 3.51. The second-order valence-corrected chi connectivity index (χ2v) is 5.56. The Bertz CT molecular complexity index is 644. The monoisotopic (exact) mass is 278 g/mol. The third kappa shape index (κ3) is 3.28. The van der Waals surface area contributed by atoms with Gasteiger partial charge in [0.1, 0.15) is 4.90 Å². The van der Waals surface area contributed by atoms with Crippen LogP contribution in [0.15, 0.2) is 53.7 Å². The minimum absolute atomic E-state index is 0.0217. The number of benzene rings is 1. The van der Waals surface area contributed by atoms with Crippen LogP contribution >= 0.6 is 0 Å². The first-order chi connectivity index (χ1) is 9.13. The van der Waals surface area contributed by atoms with Gasteiger partial charge in [-0.1, -0.05) is 30.3 Å². The van der Waals surface area contributed by atoms with Gasteiger partial charge in [-0.3, -0.25) is 10.8 Å². The zero-order chi connectivity index (χ0) is 13.7. The molecule has 0 atom stereocenters. The van der Waals surface area contributed by atoms with Gasteiger partial charge in [0.15, 0.2) is 0 Å². The van der Waals surface area contributed by atoms with Crippen molar-refractivity contribution in [1.82, 2.24) is 9.71 Å². The molecule has 0 aliphatic heterocycles. The molecular weight excluding hydrogens is 264 g/mol. The van der Waals surface area contributed by atoms with Gasteiger partial charge in [-0.2, -0.15) is 0 Å². The number of pyridine rings is 1. The average Bonchev–Trinajstić information content (AvgIpc) is 2.46. The summed E-state index contributed by atoms with van der Waals surface area (Å²) in [6.07, 6.45) is 2.72. The molecule has 0 aliphatic carbocycles. The van der Waals surface area contributed by atoms with Gasteiger partial charge in [-0.25, -0.2) is 13.1 Å². The lowest BCUT2D eigenvalue weighted by atomic mass is 10.2. The van der Waals surface area contributed by atoms with Crippen LogP contribution in [0.2, 0.25) is 0 Å². The highest BCUT2D eigenvalue weighted by atomic mass is 32.2. The molecule has 0 radical (unpaired) electrons. The Labute approximate surface area is 111 Å². The van der Waals surface area contributed by atoms with Gasteiger partial charge in [0, 0.05) is 18.9 Å². The normalized spacial score (nSPS) is 11.2. The third-order valence-corrected chi connectivity index (χ3v) is 3.97. The van der Waals surface area contributed by atoms with E-state index in [1.807, 2.05) is 30.3 Å². The van der Waals surface area contributed by atoms with Crippen LogP contribution in [-0.4, -0.2) is 13.4 Å². The molecule has 0 bridgehead atoms. The van der Waals surface area contributed by atoms with Gasteiger partial charge in [0.05, 0.1) is 5.69 Å². The van der Waals surface area contributed by atoms with Crippen molar-refractivity contribution in [2.24, 2.45) is 5.84 Å². The molecule has 0 saturated heterocycles. The Balaban J connectivity index is 2.19. The molecule has 1 heterocycles. The highest BCUT2D eigenvalue weighted by Gasteiger charge is 2.17. The van der Waals surface area contributed by atoms with Crippen LogP contribution in [0.25, 0.3) is 0 Å². The molecule has 6 nitrogen and oxygen atoms in total. The summed E-state index contributed by atoms with van der Waals surface area (Å²) >= 11 is 0. The van der Waals surface area contributed by atoms with E-state index in [1.54, 1.807) is 0 Å². The third-order valence-electron chi connectivity index (χ3n) is 2.54. The summed E-state index contributed by atoms with van der Waals surface area (Å²) in [6, 6.07) is 10.7. The molecule has 4 N–H and O–H groups in total. The number of nitrogens with one attached hydrogen (secondary N) is 2. The van der Waals surface area contributed by atoms with Crippen LogP contribution in [0.3, 0.4) is 0 Å². The highest BCUT2D eigenvalue weighted by Crippen LogP contribution is 2.18. The molecule has 7 heteroatoms. The van der Waals surface area contributed by atoms with Gasteiger partial charge in [0.2, 0.25) is 10.0 Å². The molecule has 0 amide bonds. The minimum Gasteiger partial charge on any atom is -0.323 e. The Morgan fingerprint density at radius 1 is 1.16 bits per heavy atom. The van der Waals surface area contributed by atoms with Gasteiger partial charge in [0.25, 0.3) is 0 Å². The zero-order valence-electron chi connectivity index (χ0n) is 10.1. The first-order valence-electron chi connectivity index (χ1n) is 5.58. The average molecular weight is 278 g/mol. The van der Waals surface area contributed by atoms with Gasteiger partial charge >= 0.3 is 0 Å². The second-order valence-electron chi connectivity index (χ2n) is 3.83. The number of rotatable bonds is 5. The number of nitrogens with two attached hydrogens (primary N) is 1. The quantitative estimate of drug-likeness (QED) is 0.556. The molecule has 19 heavy (non-hydrogen) atoms. The predicted molar refractivity (Wildman–Crippen MR) is 72.5 cm³/mol. The number of hydrogen-bond acceptors (Lipinski definition) is 5. The lowest BCUT2D eigenvalue weighted by molar-refractivity contribution is 0.581. The van der Waals surface area contributed by atoms with Gasteiger partial charge in [-0.15, -0.1) is 0 Å². The lowest BCUT2D eigenvalue weighted by Gasteiger charge is -2.10. The van der Waals surface area contributed by atoms with E-state index in [4.69, 9.17) is 5.84 Å². The largest absolute Gasteiger partial charge is 0.323 e. The van der Waals surface area contributed by atoms with Crippen LogP contribution in [0.4, 0.5) is 5.69 Å². The van der Waals surface area contributed by atoms with E-state index in [0.29, 0.717) is 5.69 Å². The van der Waals surface area contributed by atoms with E-state index < -0.39 is 10.0 Å². The number of hydrogen-bond donors (Lipinski definition) is 3. The molecule has 1 aromatic carbocycles. The van der Waals surface area contributed by atoms with Crippen LogP contribution in [0.5, 0.6) is 0 Å². The maximum atomic E-state index is 12.1. The molecule has 0 fully saturated rings. The standard InChI is InChI=1S/C12H14N4O2S/c13-16-11-6-7-14-9-12(11)19(17,18)15-8-10-4-2-1-3-5-10/h1-7,9,15H,8,13H2,(H,14,16). The molecule has 100 valence electrons. The zero-order valence-corrected chi connectivity index (χ0v) is 10.9. The predicted octanol–water partition coefficient (Wildman–Crippen LogP) is 0.846. The highest BCUT2D eigenvalue weighted by molar-refractivity contribution is 7.89. The summed E-state index contributed by atoms with van der Waals surface area (Å²) in [4.78, 5) is 3.82. The Morgan fingerprint density at radius 2 is 1.89 bits per heavy atom. The van der Waals surface area contributed by atoms with E-state index in [9.17, 15) is 8.42 Å². The molecule has 0 unspecified atom stereocenters. The molecule has 0 aliphatic rings. The minimum atomic E-state index is -3.66. The van der Waals surface area contributed by atoms with Crippen LogP contribution in [0, 0.1) is 0 Å². The van der Waals surface area contributed by atoms with Crippen molar-refractivity contribution in [1.29, 1.82) is 0 Å². The second kappa shape index (κ2) is 5.79. The molecule has 0 spiro atoms. The van der Waals surface area contributed by atoms with Crippen molar-refractivity contribution in [2.45, 2.75) is 11.4 Å². The summed E-state index contributed by atoms with van der Waals surface area (Å²) < 4.78 is 26.8. The number of nitrogen functional groups attached to an aromatic ring is 1. The summed E-state index contributed by atoms with van der Waals surface area (Å²) in [7, 11) is -3.66. The van der Waals surface area contributed by atoms with E-state index in [0.717, 1.165) is 5.56 Å². The number of sulfonamides is 1. The molecule has 1 aromatic heterocycles. The van der Waals surface area contributed by atoms with Crippen LogP contribution < -0.4 is 16.0 Å². The Kier molecular flexibility index (Phi) is 4.10. The van der Waals surface area contributed by atoms with Crippen molar-refractivity contribution >= 4 is 15.7 Å². The molecular formula is C12H14N4O2S. The summed E-state index contributed by atoms with van der Waals surface area (Å²) in [6.45, 7) is 0.210. The number of hydrazine groups is 1. The molecule has 0 saturated carbocycles. The number of aromatic nitrogens is 1. The Hall–Kier alpha value is -1.96. The van der Waals surface area contributed by atoms with E-state index >= 15 is 0 Å². The fourth-order valence-electron chi connectivity index (χ4n) is 1.57. The maximum Gasteiger partial charge on any atom is 0.244 e. The van der Waals surface area contributed by atoms with E-state index in [1.165, 1.54) is 18.5 Å². The van der Waals surface area contributed by atoms with Gasteiger partial charge in [-0.05, 0) is 11.6 Å². The number of nitrogens with zero attached hydrogens (tertiary/aromatic N) is 1. The van der Waals surface area contributed by atoms with Crippen molar-refractivity contribution < 1.29 is 8.42 Å². The topological polar surface area (TPSA) is 97.1 Å². The first kappa shape index (κ1) is 13.5. The fraction of sp³-hybridized carbons (Fsp3) is 0.0833. The summed E-state index contributed by atoms with van der Waals surface area (Å²) in [5, 5.41) is 0. The first-order valence-corrected chi connectivity index (χ1v) is 7.06.